The maximum Gasteiger partial charge on any atom is 0.239 e. The van der Waals surface area contributed by atoms with Crippen LogP contribution in [0.5, 0.6) is 0 Å². The maximum atomic E-state index is 13.2. The first-order valence-electron chi connectivity index (χ1n) is 7.84. The minimum atomic E-state index is -0.897. The molecule has 3 heterocycles. The summed E-state index contributed by atoms with van der Waals surface area (Å²) in [6.07, 6.45) is -0.597. The number of nitrogens with one attached hydrogen (secondary N) is 1. The number of hydrogen-bond acceptors (Lipinski definition) is 5. The van der Waals surface area contributed by atoms with Crippen molar-refractivity contribution >= 4 is 5.91 Å². The van der Waals surface area contributed by atoms with E-state index in [1.165, 1.54) is 0 Å². The summed E-state index contributed by atoms with van der Waals surface area (Å²) >= 11 is 0. The molecule has 1 amide bonds. The van der Waals surface area contributed by atoms with E-state index in [-0.39, 0.29) is 11.9 Å². The highest BCUT2D eigenvalue weighted by Crippen LogP contribution is 2.15. The average Bonchev–Trinajstić information content (AvgIpc) is 3.06. The van der Waals surface area contributed by atoms with E-state index in [1.807, 2.05) is 18.7 Å². The van der Waals surface area contributed by atoms with Crippen LogP contribution in [-0.2, 0) is 11.3 Å². The Hall–Kier alpha value is -1.47. The molecule has 1 N–H and O–H groups in total. The molecule has 0 aliphatic carbocycles. The van der Waals surface area contributed by atoms with Crippen molar-refractivity contribution in [2.24, 2.45) is 0 Å². The monoisotopic (exact) mass is 310 g/mol. The molecule has 0 bridgehead atoms. The first-order chi connectivity index (χ1) is 10.5. The van der Waals surface area contributed by atoms with Gasteiger partial charge in [-0.05, 0) is 13.8 Å². The number of piperazine rings is 1. The van der Waals surface area contributed by atoms with Crippen LogP contribution in [0.1, 0.15) is 23.8 Å². The van der Waals surface area contributed by atoms with Gasteiger partial charge in [-0.3, -0.25) is 9.69 Å². The molecule has 2 fully saturated rings. The summed E-state index contributed by atoms with van der Waals surface area (Å²) < 4.78 is 18.8. The third kappa shape index (κ3) is 3.30. The van der Waals surface area contributed by atoms with E-state index < -0.39 is 6.17 Å². The van der Waals surface area contributed by atoms with Gasteiger partial charge < -0.3 is 14.6 Å². The number of amides is 1. The van der Waals surface area contributed by atoms with Gasteiger partial charge in [0.05, 0.1) is 18.3 Å². The predicted molar refractivity (Wildman–Crippen MR) is 79.1 cm³/mol. The fourth-order valence-corrected chi connectivity index (χ4v) is 3.03. The third-order valence-corrected chi connectivity index (χ3v) is 4.49. The number of carbonyl (C=O) groups excluding carboxylic acids is 1. The van der Waals surface area contributed by atoms with Crippen LogP contribution >= 0.6 is 0 Å². The number of hydrogen-bond donors (Lipinski definition) is 1. The largest absolute Gasteiger partial charge is 0.444 e. The molecular formula is C15H23FN4O2. The summed E-state index contributed by atoms with van der Waals surface area (Å²) in [5.41, 5.74) is 0.928. The fraction of sp³-hybridized carbons (Fsp3) is 0.733. The Morgan fingerprint density at radius 1 is 1.36 bits per heavy atom. The molecule has 1 aromatic heterocycles. The lowest BCUT2D eigenvalue weighted by atomic mass is 10.1. The molecule has 0 spiro atoms. The Morgan fingerprint density at radius 2 is 2.09 bits per heavy atom. The lowest BCUT2D eigenvalue weighted by Crippen LogP contribution is -2.52. The highest BCUT2D eigenvalue weighted by Gasteiger charge is 2.33. The van der Waals surface area contributed by atoms with Gasteiger partial charge >= 0.3 is 0 Å². The van der Waals surface area contributed by atoms with Crippen molar-refractivity contribution in [3.8, 4) is 0 Å². The summed E-state index contributed by atoms with van der Waals surface area (Å²) in [6, 6.07) is -0.349. The minimum absolute atomic E-state index is 0.0302. The molecule has 2 saturated heterocycles. The highest BCUT2D eigenvalue weighted by molar-refractivity contribution is 5.82. The second-order valence-corrected chi connectivity index (χ2v) is 6.14. The van der Waals surface area contributed by atoms with Gasteiger partial charge in [0.1, 0.15) is 11.9 Å². The molecule has 2 aliphatic rings. The number of halogens is 1. The van der Waals surface area contributed by atoms with E-state index in [4.69, 9.17) is 4.42 Å². The molecule has 0 radical (unpaired) electrons. The van der Waals surface area contributed by atoms with Gasteiger partial charge in [0.25, 0.3) is 0 Å². The average molecular weight is 310 g/mol. The Morgan fingerprint density at radius 3 is 2.64 bits per heavy atom. The zero-order chi connectivity index (χ0) is 15.7. The van der Waals surface area contributed by atoms with Crippen molar-refractivity contribution in [2.45, 2.75) is 39.0 Å². The molecule has 0 aromatic carbocycles. The molecule has 1 aromatic rings. The number of oxazole rings is 1. The molecule has 0 unspecified atom stereocenters. The lowest BCUT2D eigenvalue weighted by Gasteiger charge is -2.35. The van der Waals surface area contributed by atoms with Crippen molar-refractivity contribution in [3.63, 3.8) is 0 Å². The number of alkyl halides is 1. The van der Waals surface area contributed by atoms with Crippen molar-refractivity contribution in [1.29, 1.82) is 0 Å². The van der Waals surface area contributed by atoms with E-state index in [9.17, 15) is 9.18 Å². The lowest BCUT2D eigenvalue weighted by molar-refractivity contribution is -0.135. The van der Waals surface area contributed by atoms with E-state index in [2.05, 4.69) is 15.2 Å². The van der Waals surface area contributed by atoms with Crippen LogP contribution in [0.4, 0.5) is 4.39 Å². The molecule has 0 saturated carbocycles. The molecule has 7 heteroatoms. The second kappa shape index (κ2) is 6.34. The molecule has 2 atom stereocenters. The highest BCUT2D eigenvalue weighted by atomic mass is 19.1. The SMILES string of the molecule is Cc1nc(CN2CCN(C(=O)[C@H]3C[C@H](F)CN3)CC2)oc1C. The second-order valence-electron chi connectivity index (χ2n) is 6.14. The van der Waals surface area contributed by atoms with E-state index >= 15 is 0 Å². The standard InChI is InChI=1S/C15H23FN4O2/c1-10-11(2)22-14(18-10)9-19-3-5-20(6-4-19)15(21)13-7-12(16)8-17-13/h12-13,17H,3-9H2,1-2H3/t12-,13+/m0/s1. The van der Waals surface area contributed by atoms with Gasteiger partial charge in [0.2, 0.25) is 11.8 Å². The molecule has 22 heavy (non-hydrogen) atoms. The quantitative estimate of drug-likeness (QED) is 0.887. The summed E-state index contributed by atoms with van der Waals surface area (Å²) in [7, 11) is 0. The van der Waals surface area contributed by atoms with E-state index in [1.54, 1.807) is 0 Å². The van der Waals surface area contributed by atoms with Crippen LogP contribution in [0.25, 0.3) is 0 Å². The van der Waals surface area contributed by atoms with E-state index in [0.717, 1.165) is 30.4 Å². The van der Waals surface area contributed by atoms with Crippen LogP contribution in [0.15, 0.2) is 4.42 Å². The minimum Gasteiger partial charge on any atom is -0.444 e. The van der Waals surface area contributed by atoms with Gasteiger partial charge in [0.15, 0.2) is 0 Å². The Labute approximate surface area is 129 Å². The van der Waals surface area contributed by atoms with Gasteiger partial charge in [-0.25, -0.2) is 9.37 Å². The van der Waals surface area contributed by atoms with Crippen LogP contribution in [0, 0.1) is 13.8 Å². The summed E-state index contributed by atoms with van der Waals surface area (Å²) in [5.74, 6) is 1.62. The third-order valence-electron chi connectivity index (χ3n) is 4.49. The number of aromatic nitrogens is 1. The van der Waals surface area contributed by atoms with Crippen molar-refractivity contribution in [3.05, 3.63) is 17.3 Å². The Balaban J connectivity index is 1.49. The van der Waals surface area contributed by atoms with Gasteiger partial charge in [-0.2, -0.15) is 0 Å². The van der Waals surface area contributed by atoms with Gasteiger partial charge in [0, 0.05) is 39.1 Å². The maximum absolute atomic E-state index is 13.2. The predicted octanol–water partition coefficient (Wildman–Crippen LogP) is 0.636. The molecule has 122 valence electrons. The van der Waals surface area contributed by atoms with Crippen LogP contribution in [0.3, 0.4) is 0 Å². The zero-order valence-corrected chi connectivity index (χ0v) is 13.1. The topological polar surface area (TPSA) is 61.6 Å². The summed E-state index contributed by atoms with van der Waals surface area (Å²) in [4.78, 5) is 20.8. The van der Waals surface area contributed by atoms with Crippen LogP contribution in [0.2, 0.25) is 0 Å². The van der Waals surface area contributed by atoms with Crippen LogP contribution in [-0.4, -0.2) is 65.6 Å². The van der Waals surface area contributed by atoms with Gasteiger partial charge in [-0.1, -0.05) is 0 Å². The first kappa shape index (κ1) is 15.4. The number of rotatable bonds is 3. The Bertz CT molecular complexity index is 520. The summed E-state index contributed by atoms with van der Waals surface area (Å²) in [5, 5.41) is 2.96. The summed E-state index contributed by atoms with van der Waals surface area (Å²) in [6.45, 7) is 7.74. The Kier molecular flexibility index (Phi) is 4.44. The number of aryl methyl sites for hydroxylation is 2. The smallest absolute Gasteiger partial charge is 0.239 e. The zero-order valence-electron chi connectivity index (χ0n) is 13.1. The van der Waals surface area contributed by atoms with Crippen molar-refractivity contribution < 1.29 is 13.6 Å². The van der Waals surface area contributed by atoms with E-state index in [0.29, 0.717) is 32.6 Å². The normalized spacial score (nSPS) is 26.6. The number of carbonyl (C=O) groups is 1. The van der Waals surface area contributed by atoms with Gasteiger partial charge in [-0.15, -0.1) is 0 Å². The molecular weight excluding hydrogens is 287 g/mol. The number of nitrogens with zero attached hydrogens (tertiary/aromatic N) is 3. The molecule has 6 nitrogen and oxygen atoms in total. The fourth-order valence-electron chi connectivity index (χ4n) is 3.03. The molecule has 3 rings (SSSR count). The van der Waals surface area contributed by atoms with Crippen LogP contribution < -0.4 is 5.32 Å². The molecule has 2 aliphatic heterocycles. The van der Waals surface area contributed by atoms with Crippen molar-refractivity contribution in [2.75, 3.05) is 32.7 Å². The van der Waals surface area contributed by atoms with Crippen molar-refractivity contribution in [1.82, 2.24) is 20.1 Å². The first-order valence-corrected chi connectivity index (χ1v) is 7.84.